The Kier molecular flexibility index (Phi) is 8.88. The molecule has 0 unspecified atom stereocenters. The fraction of sp³-hybridized carbons (Fsp3) is 0.560. The molecule has 0 aliphatic carbocycles. The average molecular weight is 353 g/mol. The van der Waals surface area contributed by atoms with Crippen LogP contribution in [0.4, 0.5) is 0 Å². The molecule has 0 bridgehead atoms. The molecule has 0 amide bonds. The summed E-state index contributed by atoms with van der Waals surface area (Å²) in [5.74, 6) is 0.829. The average Bonchev–Trinajstić information content (AvgIpc) is 2.65. The van der Waals surface area contributed by atoms with Crippen molar-refractivity contribution in [3.8, 4) is 0 Å². The summed E-state index contributed by atoms with van der Waals surface area (Å²) in [5, 5.41) is 2.41. The number of unbranched alkanes of at least 4 members (excludes halogenated alkanes) is 8. The van der Waals surface area contributed by atoms with E-state index >= 15 is 0 Å². The van der Waals surface area contributed by atoms with Crippen LogP contribution in [0, 0.1) is 0 Å². The molecule has 0 saturated heterocycles. The maximum Gasteiger partial charge on any atom is 0.162 e. The second kappa shape index (κ2) is 11.2. The van der Waals surface area contributed by atoms with Gasteiger partial charge in [0.15, 0.2) is 5.78 Å². The molecule has 0 aromatic heterocycles. The molecule has 0 N–H and O–H groups in total. The summed E-state index contributed by atoms with van der Waals surface area (Å²) in [7, 11) is 0. The van der Waals surface area contributed by atoms with Gasteiger partial charge in [0.1, 0.15) is 0 Å². The molecule has 0 fully saturated rings. The van der Waals surface area contributed by atoms with E-state index in [1.54, 1.807) is 0 Å². The van der Waals surface area contributed by atoms with Gasteiger partial charge in [0.2, 0.25) is 0 Å². The quantitative estimate of drug-likeness (QED) is 0.279. The number of carbonyl (C=O) groups excluding carboxylic acids is 1. The van der Waals surface area contributed by atoms with Crippen molar-refractivity contribution in [2.45, 2.75) is 90.9 Å². The Hall–Kier alpha value is -1.63. The minimum absolute atomic E-state index is 0.294. The number of Topliss-reactive ketones (excluding diaryl/α,β-unsaturated/α-hetero) is 1. The minimum atomic E-state index is 0.294. The van der Waals surface area contributed by atoms with Gasteiger partial charge in [-0.3, -0.25) is 4.79 Å². The van der Waals surface area contributed by atoms with Gasteiger partial charge in [-0.1, -0.05) is 102 Å². The first kappa shape index (κ1) is 20.7. The Morgan fingerprint density at radius 2 is 1.35 bits per heavy atom. The molecule has 2 aromatic rings. The summed E-state index contributed by atoms with van der Waals surface area (Å²) in [6.45, 7) is 6.68. The van der Waals surface area contributed by atoms with E-state index in [0.29, 0.717) is 18.1 Å². The first-order valence-electron chi connectivity index (χ1n) is 10.7. The summed E-state index contributed by atoms with van der Waals surface area (Å²) < 4.78 is 0. The third kappa shape index (κ3) is 6.59. The summed E-state index contributed by atoms with van der Waals surface area (Å²) in [6, 6.07) is 12.7. The summed E-state index contributed by atoms with van der Waals surface area (Å²) >= 11 is 0. The third-order valence-corrected chi connectivity index (χ3v) is 5.36. The van der Waals surface area contributed by atoms with E-state index in [2.05, 4.69) is 51.1 Å². The molecule has 0 aliphatic rings. The lowest BCUT2D eigenvalue weighted by Crippen LogP contribution is -1.99. The molecular formula is C25H36O. The van der Waals surface area contributed by atoms with E-state index in [1.165, 1.54) is 67.7 Å². The van der Waals surface area contributed by atoms with Gasteiger partial charge in [0.05, 0.1) is 0 Å². The molecule has 2 rings (SSSR count). The number of hydrogen-bond donors (Lipinski definition) is 0. The van der Waals surface area contributed by atoms with Gasteiger partial charge < -0.3 is 0 Å². The zero-order chi connectivity index (χ0) is 18.8. The van der Waals surface area contributed by atoms with Crippen LogP contribution in [-0.4, -0.2) is 5.78 Å². The minimum Gasteiger partial charge on any atom is -0.294 e. The topological polar surface area (TPSA) is 17.1 Å². The zero-order valence-electron chi connectivity index (χ0n) is 17.0. The predicted octanol–water partition coefficient (Wildman–Crippen LogP) is 8.07. The maximum absolute atomic E-state index is 12.5. The third-order valence-electron chi connectivity index (χ3n) is 5.36. The summed E-state index contributed by atoms with van der Waals surface area (Å²) in [6.07, 6.45) is 12.3. The molecule has 0 aliphatic heterocycles. The molecule has 142 valence electrons. The number of benzene rings is 2. The molecule has 0 saturated carbocycles. The van der Waals surface area contributed by atoms with Gasteiger partial charge in [-0.15, -0.1) is 0 Å². The van der Waals surface area contributed by atoms with Crippen LogP contribution in [0.2, 0.25) is 0 Å². The standard InChI is InChI=1S/C25H36O/c1-4-5-6-7-8-9-10-11-12-13-25(26)24-17-16-22-18-21(20(2)3)14-15-23(22)19-24/h14-20H,4-13H2,1-3H3. The van der Waals surface area contributed by atoms with Crippen LogP contribution in [0.25, 0.3) is 10.8 Å². The van der Waals surface area contributed by atoms with Gasteiger partial charge in [-0.2, -0.15) is 0 Å². The fourth-order valence-corrected chi connectivity index (χ4v) is 3.54. The molecule has 26 heavy (non-hydrogen) atoms. The van der Waals surface area contributed by atoms with Crippen molar-refractivity contribution < 1.29 is 4.79 Å². The number of ketones is 1. The zero-order valence-corrected chi connectivity index (χ0v) is 17.0. The van der Waals surface area contributed by atoms with Crippen molar-refractivity contribution in [3.63, 3.8) is 0 Å². The van der Waals surface area contributed by atoms with Crippen molar-refractivity contribution in [3.05, 3.63) is 47.5 Å². The summed E-state index contributed by atoms with van der Waals surface area (Å²) in [5.41, 5.74) is 2.22. The number of hydrogen-bond acceptors (Lipinski definition) is 1. The molecule has 0 heterocycles. The number of fused-ring (bicyclic) bond motifs is 1. The van der Waals surface area contributed by atoms with Crippen LogP contribution in [0.3, 0.4) is 0 Å². The van der Waals surface area contributed by atoms with Crippen LogP contribution in [0.5, 0.6) is 0 Å². The second-order valence-electron chi connectivity index (χ2n) is 7.98. The highest BCUT2D eigenvalue weighted by Crippen LogP contribution is 2.23. The molecule has 1 heteroatoms. The highest BCUT2D eigenvalue weighted by atomic mass is 16.1. The molecule has 1 nitrogen and oxygen atoms in total. The highest BCUT2D eigenvalue weighted by molar-refractivity contribution is 6.00. The van der Waals surface area contributed by atoms with E-state index in [4.69, 9.17) is 0 Å². The highest BCUT2D eigenvalue weighted by Gasteiger charge is 2.07. The monoisotopic (exact) mass is 352 g/mol. The van der Waals surface area contributed by atoms with Crippen molar-refractivity contribution >= 4 is 16.6 Å². The van der Waals surface area contributed by atoms with Crippen LogP contribution in [0.15, 0.2) is 36.4 Å². The first-order chi connectivity index (χ1) is 12.6. The largest absolute Gasteiger partial charge is 0.294 e. The van der Waals surface area contributed by atoms with Crippen LogP contribution >= 0.6 is 0 Å². The molecule has 0 atom stereocenters. The van der Waals surface area contributed by atoms with E-state index in [1.807, 2.05) is 6.07 Å². The Bertz CT molecular complexity index is 684. The second-order valence-corrected chi connectivity index (χ2v) is 7.98. The van der Waals surface area contributed by atoms with Crippen molar-refractivity contribution in [1.82, 2.24) is 0 Å². The van der Waals surface area contributed by atoms with E-state index in [0.717, 1.165) is 12.0 Å². The van der Waals surface area contributed by atoms with E-state index in [-0.39, 0.29) is 0 Å². The Morgan fingerprint density at radius 1 is 0.769 bits per heavy atom. The van der Waals surface area contributed by atoms with Gasteiger partial charge in [0, 0.05) is 12.0 Å². The van der Waals surface area contributed by atoms with E-state index in [9.17, 15) is 4.79 Å². The van der Waals surface area contributed by atoms with Crippen LogP contribution in [0.1, 0.15) is 107 Å². The summed E-state index contributed by atoms with van der Waals surface area (Å²) in [4.78, 5) is 12.5. The van der Waals surface area contributed by atoms with Crippen molar-refractivity contribution in [2.24, 2.45) is 0 Å². The van der Waals surface area contributed by atoms with Crippen molar-refractivity contribution in [2.75, 3.05) is 0 Å². The van der Waals surface area contributed by atoms with Gasteiger partial charge >= 0.3 is 0 Å². The predicted molar refractivity (Wildman–Crippen MR) is 114 cm³/mol. The molecule has 0 radical (unpaired) electrons. The Balaban J connectivity index is 1.74. The van der Waals surface area contributed by atoms with Gasteiger partial charge in [-0.05, 0) is 34.7 Å². The first-order valence-corrected chi connectivity index (χ1v) is 10.7. The van der Waals surface area contributed by atoms with Gasteiger partial charge in [0.25, 0.3) is 0 Å². The maximum atomic E-state index is 12.5. The number of rotatable bonds is 12. The number of carbonyl (C=O) groups is 1. The Morgan fingerprint density at radius 3 is 2.00 bits per heavy atom. The smallest absolute Gasteiger partial charge is 0.162 e. The lowest BCUT2D eigenvalue weighted by atomic mass is 9.96. The van der Waals surface area contributed by atoms with Crippen molar-refractivity contribution in [1.29, 1.82) is 0 Å². The van der Waals surface area contributed by atoms with Crippen LogP contribution < -0.4 is 0 Å². The molecular weight excluding hydrogens is 316 g/mol. The van der Waals surface area contributed by atoms with Gasteiger partial charge in [-0.25, -0.2) is 0 Å². The fourth-order valence-electron chi connectivity index (χ4n) is 3.54. The lowest BCUT2D eigenvalue weighted by molar-refractivity contribution is 0.0979. The molecule has 0 spiro atoms. The molecule has 2 aromatic carbocycles. The van der Waals surface area contributed by atoms with E-state index < -0.39 is 0 Å². The van der Waals surface area contributed by atoms with Crippen LogP contribution in [-0.2, 0) is 0 Å². The normalized spacial score (nSPS) is 11.4. The Labute approximate surface area is 160 Å². The lowest BCUT2D eigenvalue weighted by Gasteiger charge is -2.08. The SMILES string of the molecule is CCCCCCCCCCCC(=O)c1ccc2cc(C(C)C)ccc2c1.